The van der Waals surface area contributed by atoms with E-state index in [4.69, 9.17) is 0 Å². The first-order valence-corrected chi connectivity index (χ1v) is 7.38. The lowest BCUT2D eigenvalue weighted by molar-refractivity contribution is -0.123. The molecule has 0 radical (unpaired) electrons. The van der Waals surface area contributed by atoms with Crippen LogP contribution in [0.2, 0.25) is 0 Å². The Labute approximate surface area is 121 Å². The highest BCUT2D eigenvalue weighted by Crippen LogP contribution is 2.40. The molecular weight excluding hydrogens is 250 g/mol. The van der Waals surface area contributed by atoms with Gasteiger partial charge in [-0.2, -0.15) is 5.10 Å². The average Bonchev–Trinajstić information content (AvgIpc) is 2.56. The summed E-state index contributed by atoms with van der Waals surface area (Å²) in [7, 11) is 1.98. The first-order valence-electron chi connectivity index (χ1n) is 7.38. The Morgan fingerprint density at radius 1 is 1.50 bits per heavy atom. The predicted molar refractivity (Wildman–Crippen MR) is 80.3 cm³/mol. The van der Waals surface area contributed by atoms with E-state index in [0.717, 1.165) is 12.8 Å². The van der Waals surface area contributed by atoms with Crippen molar-refractivity contribution in [2.45, 2.75) is 59.9 Å². The molecule has 112 valence electrons. The van der Waals surface area contributed by atoms with Crippen LogP contribution in [0, 0.1) is 10.8 Å². The summed E-state index contributed by atoms with van der Waals surface area (Å²) in [6.07, 6.45) is 4.46. The third-order valence-corrected chi connectivity index (χ3v) is 3.90. The van der Waals surface area contributed by atoms with Crippen molar-refractivity contribution >= 4 is 5.91 Å². The smallest absolute Gasteiger partial charge is 0.221 e. The van der Waals surface area contributed by atoms with Crippen molar-refractivity contribution in [1.29, 1.82) is 0 Å². The number of aryl methyl sites for hydroxylation is 1. The number of nitrogens with one attached hydrogen (secondary N) is 1. The predicted octanol–water partition coefficient (Wildman–Crippen LogP) is 2.99. The lowest BCUT2D eigenvalue weighted by atomic mass is 9.74. The summed E-state index contributed by atoms with van der Waals surface area (Å²) in [4.78, 5) is 12.2. The van der Waals surface area contributed by atoms with Gasteiger partial charge in [-0.15, -0.1) is 0 Å². The van der Waals surface area contributed by atoms with E-state index in [1.807, 2.05) is 17.9 Å². The number of rotatable bonds is 2. The van der Waals surface area contributed by atoms with E-state index in [-0.39, 0.29) is 22.8 Å². The summed E-state index contributed by atoms with van der Waals surface area (Å²) in [6.45, 7) is 10.8. The molecule has 0 aromatic carbocycles. The van der Waals surface area contributed by atoms with Crippen LogP contribution in [0.4, 0.5) is 0 Å². The molecule has 0 fully saturated rings. The van der Waals surface area contributed by atoms with Crippen molar-refractivity contribution in [2.75, 3.05) is 0 Å². The first-order chi connectivity index (χ1) is 9.07. The SMILES string of the molecule is Cn1ncc2c1CC(C)(C)CC2NC(=O)CC(C)(C)C. The van der Waals surface area contributed by atoms with Crippen molar-refractivity contribution < 1.29 is 4.79 Å². The van der Waals surface area contributed by atoms with Crippen LogP contribution in [0.5, 0.6) is 0 Å². The minimum atomic E-state index is 0.0199. The minimum Gasteiger partial charge on any atom is -0.349 e. The van der Waals surface area contributed by atoms with Gasteiger partial charge in [-0.3, -0.25) is 9.48 Å². The van der Waals surface area contributed by atoms with Gasteiger partial charge in [-0.25, -0.2) is 0 Å². The lowest BCUT2D eigenvalue weighted by Gasteiger charge is -2.36. The largest absolute Gasteiger partial charge is 0.349 e. The second-order valence-corrected chi connectivity index (χ2v) is 8.07. The van der Waals surface area contributed by atoms with Crippen LogP contribution in [0.1, 0.15) is 64.8 Å². The molecule has 20 heavy (non-hydrogen) atoms. The fourth-order valence-electron chi connectivity index (χ4n) is 3.03. The molecule has 1 unspecified atom stereocenters. The summed E-state index contributed by atoms with van der Waals surface area (Å²) in [5.74, 6) is 0.134. The Morgan fingerprint density at radius 3 is 2.75 bits per heavy atom. The fraction of sp³-hybridized carbons (Fsp3) is 0.750. The van der Waals surface area contributed by atoms with Crippen LogP contribution in [0.15, 0.2) is 6.20 Å². The molecule has 1 N–H and O–H groups in total. The molecular formula is C16H27N3O. The van der Waals surface area contributed by atoms with Crippen LogP contribution < -0.4 is 5.32 Å². The third kappa shape index (κ3) is 3.41. The number of aromatic nitrogens is 2. The summed E-state index contributed by atoms with van der Waals surface area (Å²) >= 11 is 0. The van der Waals surface area contributed by atoms with Crippen LogP contribution in [0.25, 0.3) is 0 Å². The van der Waals surface area contributed by atoms with E-state index >= 15 is 0 Å². The highest BCUT2D eigenvalue weighted by Gasteiger charge is 2.35. The standard InChI is InChI=1S/C16H27N3O/c1-15(2,3)9-14(20)18-12-7-16(4,5)8-13-11(12)10-17-19(13)6/h10,12H,7-9H2,1-6H3,(H,18,20). The van der Waals surface area contributed by atoms with E-state index in [9.17, 15) is 4.79 Å². The molecule has 2 rings (SSSR count). The maximum absolute atomic E-state index is 12.2. The van der Waals surface area contributed by atoms with E-state index in [2.05, 4.69) is 45.0 Å². The Morgan fingerprint density at radius 2 is 2.15 bits per heavy atom. The quantitative estimate of drug-likeness (QED) is 0.903. The molecule has 1 aliphatic rings. The molecule has 1 amide bonds. The first kappa shape index (κ1) is 15.1. The highest BCUT2D eigenvalue weighted by atomic mass is 16.1. The van der Waals surface area contributed by atoms with Crippen LogP contribution >= 0.6 is 0 Å². The van der Waals surface area contributed by atoms with Crippen LogP contribution in [-0.4, -0.2) is 15.7 Å². The summed E-state index contributed by atoms with van der Waals surface area (Å²) in [5, 5.41) is 7.57. The Kier molecular flexibility index (Phi) is 3.69. The van der Waals surface area contributed by atoms with Crippen molar-refractivity contribution in [3.8, 4) is 0 Å². The molecule has 0 saturated carbocycles. The molecule has 4 nitrogen and oxygen atoms in total. The molecule has 1 aliphatic carbocycles. The third-order valence-electron chi connectivity index (χ3n) is 3.90. The Balaban J connectivity index is 2.18. The lowest BCUT2D eigenvalue weighted by Crippen LogP contribution is -2.37. The molecule has 4 heteroatoms. The van der Waals surface area contributed by atoms with Crippen molar-refractivity contribution in [3.05, 3.63) is 17.5 Å². The molecule has 0 aliphatic heterocycles. The van der Waals surface area contributed by atoms with E-state index < -0.39 is 0 Å². The van der Waals surface area contributed by atoms with E-state index in [1.165, 1.54) is 11.3 Å². The Hall–Kier alpha value is -1.32. The molecule has 0 spiro atoms. The van der Waals surface area contributed by atoms with Crippen molar-refractivity contribution in [3.63, 3.8) is 0 Å². The molecule has 1 heterocycles. The number of carbonyl (C=O) groups is 1. The van der Waals surface area contributed by atoms with Crippen molar-refractivity contribution in [2.24, 2.45) is 17.9 Å². The normalized spacial score (nSPS) is 21.4. The summed E-state index contributed by atoms with van der Waals surface area (Å²) < 4.78 is 1.94. The second-order valence-electron chi connectivity index (χ2n) is 8.07. The van der Waals surface area contributed by atoms with Gasteiger partial charge in [0.05, 0.1) is 12.2 Å². The number of hydrogen-bond donors (Lipinski definition) is 1. The zero-order valence-electron chi connectivity index (χ0n) is 13.6. The maximum atomic E-state index is 12.2. The summed E-state index contributed by atoms with van der Waals surface area (Å²) in [6, 6.07) is 0.0947. The fourth-order valence-corrected chi connectivity index (χ4v) is 3.03. The van der Waals surface area contributed by atoms with Gasteiger partial charge in [0.1, 0.15) is 0 Å². The molecule has 1 atom stereocenters. The monoisotopic (exact) mass is 277 g/mol. The number of amides is 1. The zero-order chi connectivity index (χ0) is 15.1. The molecule has 0 bridgehead atoms. The van der Waals surface area contributed by atoms with Gasteiger partial charge in [0.15, 0.2) is 0 Å². The number of nitrogens with zero attached hydrogens (tertiary/aromatic N) is 2. The minimum absolute atomic E-state index is 0.0199. The molecule has 1 aromatic rings. The van der Waals surface area contributed by atoms with Crippen LogP contribution in [0.3, 0.4) is 0 Å². The van der Waals surface area contributed by atoms with Gasteiger partial charge in [0.25, 0.3) is 0 Å². The highest BCUT2D eigenvalue weighted by molar-refractivity contribution is 5.77. The number of fused-ring (bicyclic) bond motifs is 1. The second kappa shape index (κ2) is 4.90. The summed E-state index contributed by atoms with van der Waals surface area (Å²) in [5.41, 5.74) is 2.66. The Bertz CT molecular complexity index is 508. The molecule has 1 aromatic heterocycles. The number of hydrogen-bond acceptors (Lipinski definition) is 2. The molecule has 0 saturated heterocycles. The van der Waals surface area contributed by atoms with Gasteiger partial charge in [-0.1, -0.05) is 34.6 Å². The maximum Gasteiger partial charge on any atom is 0.221 e. The van der Waals surface area contributed by atoms with Gasteiger partial charge >= 0.3 is 0 Å². The van der Waals surface area contributed by atoms with Crippen molar-refractivity contribution in [1.82, 2.24) is 15.1 Å². The van der Waals surface area contributed by atoms with E-state index in [1.54, 1.807) is 0 Å². The zero-order valence-corrected chi connectivity index (χ0v) is 13.6. The number of carbonyl (C=O) groups excluding carboxylic acids is 1. The van der Waals surface area contributed by atoms with Gasteiger partial charge in [-0.05, 0) is 23.7 Å². The van der Waals surface area contributed by atoms with Gasteiger partial charge in [0, 0.05) is 24.7 Å². The van der Waals surface area contributed by atoms with Gasteiger partial charge in [0.2, 0.25) is 5.91 Å². The van der Waals surface area contributed by atoms with Crippen LogP contribution in [-0.2, 0) is 18.3 Å². The van der Waals surface area contributed by atoms with Gasteiger partial charge < -0.3 is 5.32 Å². The van der Waals surface area contributed by atoms with E-state index in [0.29, 0.717) is 6.42 Å². The average molecular weight is 277 g/mol. The topological polar surface area (TPSA) is 46.9 Å².